The number of nitrogens with two attached hydrogens (primary N) is 2. The summed E-state index contributed by atoms with van der Waals surface area (Å²) in [6, 6.07) is 4.20. The summed E-state index contributed by atoms with van der Waals surface area (Å²) in [7, 11) is 0. The third-order valence-corrected chi connectivity index (χ3v) is 2.45. The van der Waals surface area contributed by atoms with E-state index in [0.717, 1.165) is 0 Å². The minimum atomic E-state index is -0.538. The van der Waals surface area contributed by atoms with Crippen molar-refractivity contribution in [2.75, 3.05) is 17.6 Å². The lowest BCUT2D eigenvalue weighted by molar-refractivity contribution is -0.121. The highest BCUT2D eigenvalue weighted by atomic mass is 16.2. The average Bonchev–Trinajstić information content (AvgIpc) is 2.31. The Hall–Kier alpha value is -2.24. The van der Waals surface area contributed by atoms with Crippen molar-refractivity contribution in [3.63, 3.8) is 0 Å². The number of rotatable bonds is 5. The zero-order chi connectivity index (χ0) is 13.7. The van der Waals surface area contributed by atoms with Crippen molar-refractivity contribution >= 4 is 23.2 Å². The number of likely N-dealkylation sites (N-methyl/N-ethyl adjacent to an activating group) is 1. The molecule has 0 saturated heterocycles. The van der Waals surface area contributed by atoms with Crippen LogP contribution in [0.3, 0.4) is 0 Å². The second kappa shape index (κ2) is 5.90. The lowest BCUT2D eigenvalue weighted by Crippen LogP contribution is -2.37. The summed E-state index contributed by atoms with van der Waals surface area (Å²) in [5, 5.41) is 5.63. The molecule has 1 unspecified atom stereocenters. The van der Waals surface area contributed by atoms with E-state index in [2.05, 4.69) is 10.6 Å². The van der Waals surface area contributed by atoms with Crippen LogP contribution in [0, 0.1) is 0 Å². The first kappa shape index (κ1) is 13.8. The Morgan fingerprint density at radius 1 is 1.39 bits per heavy atom. The molecule has 0 bridgehead atoms. The quantitative estimate of drug-likeness (QED) is 0.563. The van der Waals surface area contributed by atoms with Crippen LogP contribution >= 0.6 is 0 Å². The van der Waals surface area contributed by atoms with Gasteiger partial charge < -0.3 is 22.1 Å². The molecular formula is C12H18N4O2. The van der Waals surface area contributed by atoms with Gasteiger partial charge in [0.25, 0.3) is 0 Å². The third-order valence-electron chi connectivity index (χ3n) is 2.45. The molecule has 6 N–H and O–H groups in total. The van der Waals surface area contributed by atoms with E-state index >= 15 is 0 Å². The number of carbonyl (C=O) groups is 2. The maximum atomic E-state index is 11.6. The summed E-state index contributed by atoms with van der Waals surface area (Å²) in [4.78, 5) is 22.6. The number of anilines is 2. The Balaban J connectivity index is 2.86. The number of carbonyl (C=O) groups excluding carboxylic acids is 2. The topological polar surface area (TPSA) is 110 Å². The van der Waals surface area contributed by atoms with E-state index in [1.807, 2.05) is 6.92 Å². The highest BCUT2D eigenvalue weighted by Crippen LogP contribution is 2.20. The SMILES string of the molecule is CCNC(=O)C(C)Nc1cc(C(N)=O)ccc1N. The van der Waals surface area contributed by atoms with Crippen molar-refractivity contribution < 1.29 is 9.59 Å². The van der Waals surface area contributed by atoms with Crippen LogP contribution in [0.1, 0.15) is 24.2 Å². The van der Waals surface area contributed by atoms with Gasteiger partial charge in [-0.1, -0.05) is 0 Å². The Morgan fingerprint density at radius 2 is 2.06 bits per heavy atom. The van der Waals surface area contributed by atoms with Crippen LogP contribution in [0.2, 0.25) is 0 Å². The maximum Gasteiger partial charge on any atom is 0.248 e. The van der Waals surface area contributed by atoms with Gasteiger partial charge in [0.15, 0.2) is 0 Å². The minimum Gasteiger partial charge on any atom is -0.397 e. The number of nitrogens with one attached hydrogen (secondary N) is 2. The highest BCUT2D eigenvalue weighted by Gasteiger charge is 2.13. The molecular weight excluding hydrogens is 232 g/mol. The molecule has 98 valence electrons. The first-order valence-electron chi connectivity index (χ1n) is 5.69. The van der Waals surface area contributed by atoms with E-state index in [1.165, 1.54) is 6.07 Å². The van der Waals surface area contributed by atoms with Gasteiger partial charge in [0.1, 0.15) is 6.04 Å². The van der Waals surface area contributed by atoms with Crippen molar-refractivity contribution in [3.05, 3.63) is 23.8 Å². The fourth-order valence-corrected chi connectivity index (χ4v) is 1.46. The molecule has 0 aliphatic heterocycles. The van der Waals surface area contributed by atoms with E-state index in [9.17, 15) is 9.59 Å². The smallest absolute Gasteiger partial charge is 0.248 e. The van der Waals surface area contributed by atoms with Gasteiger partial charge in [-0.3, -0.25) is 9.59 Å². The van der Waals surface area contributed by atoms with Crippen LogP contribution in [0.5, 0.6) is 0 Å². The predicted molar refractivity (Wildman–Crippen MR) is 71.1 cm³/mol. The van der Waals surface area contributed by atoms with Crippen LogP contribution < -0.4 is 22.1 Å². The summed E-state index contributed by atoms with van der Waals surface area (Å²) in [6.07, 6.45) is 0. The standard InChI is InChI=1S/C12H18N4O2/c1-3-15-12(18)7(2)16-10-6-8(11(14)17)4-5-9(10)13/h4-7,16H,3,13H2,1-2H3,(H2,14,17)(H,15,18). The zero-order valence-electron chi connectivity index (χ0n) is 10.5. The Bertz CT molecular complexity index is 459. The van der Waals surface area contributed by atoms with Gasteiger partial charge in [-0.2, -0.15) is 0 Å². The van der Waals surface area contributed by atoms with E-state index in [-0.39, 0.29) is 5.91 Å². The monoisotopic (exact) mass is 250 g/mol. The first-order chi connectivity index (χ1) is 8.45. The molecule has 0 spiro atoms. The molecule has 0 fully saturated rings. The first-order valence-corrected chi connectivity index (χ1v) is 5.69. The number of hydrogen-bond acceptors (Lipinski definition) is 4. The highest BCUT2D eigenvalue weighted by molar-refractivity contribution is 5.95. The molecule has 0 heterocycles. The molecule has 6 nitrogen and oxygen atoms in total. The van der Waals surface area contributed by atoms with Crippen molar-refractivity contribution in [1.29, 1.82) is 0 Å². The minimum absolute atomic E-state index is 0.138. The van der Waals surface area contributed by atoms with Gasteiger partial charge in [0.05, 0.1) is 11.4 Å². The van der Waals surface area contributed by atoms with Gasteiger partial charge >= 0.3 is 0 Å². The predicted octanol–water partition coefficient (Wildman–Crippen LogP) is 0.304. The number of nitrogen functional groups attached to an aromatic ring is 1. The van der Waals surface area contributed by atoms with Crippen LogP contribution in [0.15, 0.2) is 18.2 Å². The molecule has 6 heteroatoms. The van der Waals surface area contributed by atoms with E-state index in [0.29, 0.717) is 23.5 Å². The molecule has 2 amide bonds. The Kier molecular flexibility index (Phi) is 4.53. The molecule has 0 radical (unpaired) electrons. The molecule has 1 atom stereocenters. The van der Waals surface area contributed by atoms with E-state index in [4.69, 9.17) is 11.5 Å². The normalized spacial score (nSPS) is 11.7. The van der Waals surface area contributed by atoms with Gasteiger partial charge in [-0.25, -0.2) is 0 Å². The summed E-state index contributed by atoms with van der Waals surface area (Å²) in [6.45, 7) is 4.11. The van der Waals surface area contributed by atoms with Crippen molar-refractivity contribution in [1.82, 2.24) is 5.32 Å². The zero-order valence-corrected chi connectivity index (χ0v) is 10.5. The maximum absolute atomic E-state index is 11.6. The van der Waals surface area contributed by atoms with Crippen LogP contribution in [0.25, 0.3) is 0 Å². The largest absolute Gasteiger partial charge is 0.397 e. The molecule has 0 aliphatic rings. The van der Waals surface area contributed by atoms with Crippen LogP contribution in [0.4, 0.5) is 11.4 Å². The molecule has 0 aliphatic carbocycles. The second-order valence-corrected chi connectivity index (χ2v) is 3.93. The van der Waals surface area contributed by atoms with Crippen molar-refractivity contribution in [2.24, 2.45) is 5.73 Å². The van der Waals surface area contributed by atoms with Crippen molar-refractivity contribution in [2.45, 2.75) is 19.9 Å². The number of hydrogen-bond donors (Lipinski definition) is 4. The Labute approximate surface area is 106 Å². The number of benzene rings is 1. The van der Waals surface area contributed by atoms with Crippen LogP contribution in [-0.2, 0) is 4.79 Å². The third kappa shape index (κ3) is 3.38. The lowest BCUT2D eigenvalue weighted by atomic mass is 10.1. The molecule has 1 aromatic carbocycles. The van der Waals surface area contributed by atoms with Gasteiger partial charge in [0.2, 0.25) is 11.8 Å². The summed E-state index contributed by atoms with van der Waals surface area (Å²) in [5.41, 5.74) is 12.3. The molecule has 1 aromatic rings. The molecule has 0 aromatic heterocycles. The average molecular weight is 250 g/mol. The Morgan fingerprint density at radius 3 is 2.61 bits per heavy atom. The van der Waals surface area contributed by atoms with E-state index < -0.39 is 11.9 Å². The summed E-state index contributed by atoms with van der Waals surface area (Å²) in [5.74, 6) is -0.676. The van der Waals surface area contributed by atoms with Gasteiger partial charge in [-0.05, 0) is 32.0 Å². The van der Waals surface area contributed by atoms with Gasteiger partial charge in [0, 0.05) is 12.1 Å². The number of amides is 2. The summed E-state index contributed by atoms with van der Waals surface area (Å²) >= 11 is 0. The molecule has 18 heavy (non-hydrogen) atoms. The van der Waals surface area contributed by atoms with Crippen molar-refractivity contribution in [3.8, 4) is 0 Å². The molecule has 1 rings (SSSR count). The van der Waals surface area contributed by atoms with Crippen LogP contribution in [-0.4, -0.2) is 24.4 Å². The fraction of sp³-hybridized carbons (Fsp3) is 0.333. The van der Waals surface area contributed by atoms with Gasteiger partial charge in [-0.15, -0.1) is 0 Å². The number of primary amides is 1. The second-order valence-electron chi connectivity index (χ2n) is 3.93. The lowest BCUT2D eigenvalue weighted by Gasteiger charge is -2.16. The molecule has 0 saturated carbocycles. The fourth-order valence-electron chi connectivity index (χ4n) is 1.46. The van der Waals surface area contributed by atoms with E-state index in [1.54, 1.807) is 19.1 Å². The summed E-state index contributed by atoms with van der Waals surface area (Å²) < 4.78 is 0.